The van der Waals surface area contributed by atoms with E-state index in [1.165, 1.54) is 33.0 Å². The van der Waals surface area contributed by atoms with E-state index >= 15 is 24.0 Å². The lowest BCUT2D eigenvalue weighted by Gasteiger charge is -2.46. The highest BCUT2D eigenvalue weighted by Gasteiger charge is 2.53. The lowest BCUT2D eigenvalue weighted by atomic mass is 9.86. The van der Waals surface area contributed by atoms with Gasteiger partial charge in [-0.1, -0.05) is 116 Å². The molecule has 40 heteroatoms. The molecule has 24 N–H and O–H groups in total. The lowest BCUT2D eigenvalue weighted by molar-refractivity contribution is -0.350. The molecule has 15 rings (SSSR count). The minimum Gasteiger partial charge on any atom is -0.508 e. The van der Waals surface area contributed by atoms with Crippen molar-refractivity contribution in [3.8, 4) is 57.1 Å². The van der Waals surface area contributed by atoms with Crippen LogP contribution in [0.15, 0.2) is 140 Å². The Hall–Kier alpha value is -11.0. The fraction of sp³-hybridized carbons (Fsp3) is 0.419. The van der Waals surface area contributed by atoms with E-state index in [0.29, 0.717) is 0 Å². The van der Waals surface area contributed by atoms with Gasteiger partial charge in [0, 0.05) is 53.7 Å². The fourth-order valence-electron chi connectivity index (χ4n) is 16.2. The van der Waals surface area contributed by atoms with Gasteiger partial charge in [-0.3, -0.25) is 33.6 Å². The molecule has 7 aromatic carbocycles. The number of carbonyl (C=O) groups excluding carboxylic acids is 7. The van der Waals surface area contributed by atoms with Gasteiger partial charge in [-0.05, 0) is 121 Å². The topological polar surface area (TPSA) is 601 Å². The van der Waals surface area contributed by atoms with Crippen LogP contribution in [-0.2, 0) is 62.0 Å². The zero-order valence-electron chi connectivity index (χ0n) is 68.2. The van der Waals surface area contributed by atoms with Gasteiger partial charge in [0.1, 0.15) is 120 Å². The predicted molar refractivity (Wildman–Crippen MR) is 442 cm³/mol. The maximum atomic E-state index is 16.5. The number of ether oxygens (including phenoxy) is 8. The van der Waals surface area contributed by atoms with Crippen LogP contribution in [0, 0.1) is 5.92 Å². The molecule has 0 aliphatic carbocycles. The standard InChI is InChI=1S/C86H98Cl2N10O28/c1-35(2)22-49(91-5)77(111)97-65-67(104)40-17-20-53(47(87)24-40)120-55-26-42-27-56(74(55)125-85-72(109)70(107)75(58(34-99)123-85)126-84-71(108)69(106)68(105)57(122-84)33-92-32-46(37-12-8-6-9-13-37)38-14-10-7-11-15-38)121-54-21-18-41(25-48(54)88)73(124-60-31-86(4,90)76(110)36(3)119-60)66-82(116)96-64(83(117)118)45-28-43(100)29-52(102)61(45)44-23-39(16-19-51(44)101)62(79(113)98-66)95-80(114)63(42)94-78(112)50(30-59(89)103)93-81(65)115/h6-21,23-29,35-36,46,49-50,57-58,60,62-73,75-76,84-85,91-92,99-102,104-110H,22,30-34,90H2,1-5H3,(H2,89,103)(H,93,115)(H,94,112)(H,95,114)(H,96,116)(H,97,111)(H,98,113)(H,117,118)/t36-,49+,50?,57+,58+,60-,62?,63+,64?,65?,66-,67+,68-,69-,70+,71+,72+,73+,75+,76-,84-,85-,86-/m0/s1. The quantitative estimate of drug-likeness (QED) is 0.0483. The zero-order valence-corrected chi connectivity index (χ0v) is 69.7. The average Bonchev–Trinajstić information content (AvgIpc) is 0.818. The summed E-state index contributed by atoms with van der Waals surface area (Å²) in [6.45, 7) is 5.54. The number of phenolic OH excluding ortho intramolecular Hbond substituents is 3. The Labute approximate surface area is 729 Å². The van der Waals surface area contributed by atoms with Crippen molar-refractivity contribution in [3.63, 3.8) is 0 Å². The van der Waals surface area contributed by atoms with Gasteiger partial charge in [-0.25, -0.2) is 4.79 Å². The van der Waals surface area contributed by atoms with E-state index in [9.17, 15) is 75.7 Å². The number of hydrogen-bond donors (Lipinski definition) is 22. The number of carboxylic acids is 1. The summed E-state index contributed by atoms with van der Waals surface area (Å²) in [5, 5.41) is 160. The Morgan fingerprint density at radius 2 is 1.22 bits per heavy atom. The molecule has 0 aromatic heterocycles. The second-order valence-corrected chi connectivity index (χ2v) is 33.2. The summed E-state index contributed by atoms with van der Waals surface area (Å²) < 4.78 is 51.5. The second kappa shape index (κ2) is 39.1. The average molecular weight is 1790 g/mol. The van der Waals surface area contributed by atoms with E-state index in [4.69, 9.17) is 72.6 Å². The Bertz CT molecular complexity index is 5160. The minimum absolute atomic E-state index is 0.129. The number of aliphatic carboxylic acids is 1. The molecule has 126 heavy (non-hydrogen) atoms. The number of rotatable bonds is 21. The summed E-state index contributed by atoms with van der Waals surface area (Å²) in [4.78, 5) is 120. The number of halogens is 2. The summed E-state index contributed by atoms with van der Waals surface area (Å²) in [6, 6.07) is 18.1. The SMILES string of the molecule is CN[C@H](CC(C)C)C(=O)NC1C(=O)NC(CC(N)=O)C(=O)N[C@H]2C(=O)NC3C(=O)N[C@H](C(=O)NC(C(=O)O)c4cc(O)cc(O)c4-c4cc3ccc4O)[C@H](O[C@H]3C[C@](C)(N)[C@@H](O)[C@H](C)O3)c3ccc(c(Cl)c3)Oc3cc2cc(c3O[C@@H]2O[C@H](CO)[C@@H](O[C@@H]3O[C@H](CNCC(c4ccccc4)c4ccccc4)[C@H](O)[C@H](O)[C@H]3O)[C@H](O)[C@H]2O)Oc2ccc(cc2Cl)[C@H]1O. The molecule has 4 unspecified atom stereocenters. The molecule has 3 fully saturated rings. The zero-order chi connectivity index (χ0) is 90.8. The van der Waals surface area contributed by atoms with Crippen LogP contribution in [0.25, 0.3) is 11.1 Å². The third-order valence-electron chi connectivity index (χ3n) is 22.8. The number of amides is 7. The van der Waals surface area contributed by atoms with Gasteiger partial charge in [-0.2, -0.15) is 0 Å². The van der Waals surface area contributed by atoms with Crippen molar-refractivity contribution in [1.82, 2.24) is 42.5 Å². The Kier molecular flexibility index (Phi) is 28.8. The number of aliphatic hydroxyl groups excluding tert-OH is 8. The van der Waals surface area contributed by atoms with Crippen LogP contribution >= 0.6 is 23.2 Å². The molecule has 0 spiro atoms. The van der Waals surface area contributed by atoms with E-state index in [0.717, 1.165) is 77.9 Å². The van der Waals surface area contributed by atoms with Gasteiger partial charge < -0.3 is 153 Å². The molecular formula is C86H98Cl2N10O28. The molecule has 3 saturated heterocycles. The highest BCUT2D eigenvalue weighted by atomic mass is 35.5. The number of fused-ring (bicyclic) bond motifs is 15. The first-order chi connectivity index (χ1) is 59.9. The molecule has 8 aliphatic heterocycles. The predicted octanol–water partition coefficient (Wildman–Crippen LogP) is 1.36. The number of hydrogen-bond acceptors (Lipinski definition) is 30. The van der Waals surface area contributed by atoms with Crippen molar-refractivity contribution in [1.29, 1.82) is 0 Å². The third-order valence-corrected chi connectivity index (χ3v) is 23.4. The highest BCUT2D eigenvalue weighted by Crippen LogP contribution is 2.50. The number of nitrogens with two attached hydrogens (primary N) is 2. The van der Waals surface area contributed by atoms with Gasteiger partial charge in [0.25, 0.3) is 0 Å². The number of likely N-dealkylation sites (N-methyl/N-ethyl adjacent to an activating group) is 1. The summed E-state index contributed by atoms with van der Waals surface area (Å²) in [5.74, 6) is -16.8. The Morgan fingerprint density at radius 1 is 0.627 bits per heavy atom. The van der Waals surface area contributed by atoms with E-state index in [2.05, 4.69) is 42.5 Å². The van der Waals surface area contributed by atoms with Crippen LogP contribution in [0.5, 0.6) is 46.0 Å². The number of aliphatic hydroxyl groups is 8. The maximum Gasteiger partial charge on any atom is 0.330 e. The number of carbonyl (C=O) groups is 8. The number of carboxylic acid groups (broad SMARTS) is 1. The van der Waals surface area contributed by atoms with Crippen molar-refractivity contribution >= 4 is 70.5 Å². The summed E-state index contributed by atoms with van der Waals surface area (Å²) in [5.41, 5.74) is 9.91. The smallest absolute Gasteiger partial charge is 0.330 e. The van der Waals surface area contributed by atoms with Gasteiger partial charge in [0.05, 0.1) is 41.3 Å². The number of benzene rings is 7. The van der Waals surface area contributed by atoms with Crippen LogP contribution < -0.4 is 68.2 Å². The minimum atomic E-state index is -2.42. The van der Waals surface area contributed by atoms with Gasteiger partial charge >= 0.3 is 5.97 Å². The molecule has 23 atom stereocenters. The van der Waals surface area contributed by atoms with Crippen molar-refractivity contribution in [3.05, 3.63) is 189 Å². The number of primary amides is 1. The summed E-state index contributed by atoms with van der Waals surface area (Å²) in [6.07, 6.45) is -29.1. The molecule has 7 aromatic rings. The molecular weight excluding hydrogens is 1690 g/mol. The number of phenols is 3. The highest BCUT2D eigenvalue weighted by molar-refractivity contribution is 6.32. The fourth-order valence-corrected chi connectivity index (χ4v) is 16.6. The van der Waals surface area contributed by atoms with Crippen LogP contribution in [0.1, 0.15) is 122 Å². The van der Waals surface area contributed by atoms with Gasteiger partial charge in [0.2, 0.25) is 53.4 Å². The lowest BCUT2D eigenvalue weighted by Crippen LogP contribution is -2.65. The van der Waals surface area contributed by atoms with Crippen LogP contribution in [0.3, 0.4) is 0 Å². The van der Waals surface area contributed by atoms with Crippen LogP contribution in [-0.4, -0.2) is 245 Å². The molecule has 11 bridgehead atoms. The molecule has 8 heterocycles. The van der Waals surface area contributed by atoms with Crippen molar-refractivity contribution in [2.24, 2.45) is 17.4 Å². The van der Waals surface area contributed by atoms with Crippen molar-refractivity contribution in [2.75, 3.05) is 26.7 Å². The van der Waals surface area contributed by atoms with E-state index in [1.807, 2.05) is 74.5 Å². The second-order valence-electron chi connectivity index (χ2n) is 32.4. The Morgan fingerprint density at radius 3 is 1.83 bits per heavy atom. The largest absolute Gasteiger partial charge is 0.508 e. The molecule has 0 radical (unpaired) electrons. The molecule has 8 aliphatic rings. The van der Waals surface area contributed by atoms with Crippen molar-refractivity contribution in [2.45, 2.75) is 193 Å². The first-order valence-corrected chi connectivity index (χ1v) is 41.1. The van der Waals surface area contributed by atoms with Gasteiger partial charge in [0.15, 0.2) is 30.1 Å². The first-order valence-electron chi connectivity index (χ1n) is 40.3. The molecule has 38 nitrogen and oxygen atoms in total. The number of nitrogens with one attached hydrogen (secondary N) is 8. The normalized spacial score (nSPS) is 29.6. The van der Waals surface area contributed by atoms with E-state index in [-0.39, 0.29) is 54.5 Å². The summed E-state index contributed by atoms with van der Waals surface area (Å²) >= 11 is 14.5. The molecule has 7 amide bonds. The summed E-state index contributed by atoms with van der Waals surface area (Å²) in [7, 11) is 1.46. The van der Waals surface area contributed by atoms with Gasteiger partial charge in [-0.15, -0.1) is 0 Å². The van der Waals surface area contributed by atoms with E-state index in [1.54, 1.807) is 0 Å². The van der Waals surface area contributed by atoms with E-state index < -0.39 is 279 Å². The van der Waals surface area contributed by atoms with Crippen molar-refractivity contribution < 1.29 is 138 Å². The molecule has 0 saturated carbocycles. The maximum absolute atomic E-state index is 16.5. The van der Waals surface area contributed by atoms with Crippen LogP contribution in [0.4, 0.5) is 0 Å². The number of aromatic hydroxyl groups is 3. The monoisotopic (exact) mass is 1790 g/mol. The third kappa shape index (κ3) is 20.2. The first kappa shape index (κ1) is 92.7. The Balaban J connectivity index is 0.972. The van der Waals surface area contributed by atoms with Crippen LogP contribution in [0.2, 0.25) is 10.0 Å². The molecule has 674 valence electrons.